The van der Waals surface area contributed by atoms with Crippen LogP contribution in [0.1, 0.15) is 21.5 Å². The molecule has 0 N–H and O–H groups in total. The molecular weight excluding hydrogens is 231 g/mol. The number of ether oxygens (including phenoxy) is 1. The molecule has 0 aliphatic rings. The maximum absolute atomic E-state index is 12.8. The Morgan fingerprint density at radius 2 is 1.50 bits per heavy atom. The van der Waals surface area contributed by atoms with Gasteiger partial charge in [-0.2, -0.15) is 0 Å². The lowest BCUT2D eigenvalue weighted by atomic mass is 10.0. The zero-order valence-corrected chi connectivity index (χ0v) is 10.0. The van der Waals surface area contributed by atoms with E-state index >= 15 is 0 Å². The van der Waals surface area contributed by atoms with E-state index in [4.69, 9.17) is 0 Å². The largest absolute Gasteiger partial charge is 0.465 e. The molecule has 2 aromatic rings. The van der Waals surface area contributed by atoms with Crippen molar-refractivity contribution in [2.45, 2.75) is 6.42 Å². The van der Waals surface area contributed by atoms with Crippen molar-refractivity contribution < 1.29 is 13.9 Å². The molecule has 2 nitrogen and oxygen atoms in total. The van der Waals surface area contributed by atoms with E-state index in [1.165, 1.54) is 19.2 Å². The quantitative estimate of drug-likeness (QED) is 0.775. The fourth-order valence-corrected chi connectivity index (χ4v) is 1.71. The molecule has 18 heavy (non-hydrogen) atoms. The molecule has 0 aliphatic carbocycles. The van der Waals surface area contributed by atoms with Gasteiger partial charge in [0.1, 0.15) is 5.82 Å². The Balaban J connectivity index is 2.10. The second-order valence-corrected chi connectivity index (χ2v) is 3.99. The molecule has 0 fully saturated rings. The van der Waals surface area contributed by atoms with Crippen LogP contribution in [0.5, 0.6) is 0 Å². The Morgan fingerprint density at radius 3 is 2.00 bits per heavy atom. The number of methoxy groups -OCH3 is 1. The van der Waals surface area contributed by atoms with Crippen LogP contribution in [0.3, 0.4) is 0 Å². The number of esters is 1. The molecule has 0 aliphatic heterocycles. The highest BCUT2D eigenvalue weighted by Gasteiger charge is 2.04. The zero-order valence-electron chi connectivity index (χ0n) is 10.0. The second-order valence-electron chi connectivity index (χ2n) is 3.99. The van der Waals surface area contributed by atoms with Crippen LogP contribution in [-0.4, -0.2) is 13.1 Å². The number of carbonyl (C=O) groups excluding carboxylic acids is 1. The van der Waals surface area contributed by atoms with E-state index in [1.807, 2.05) is 12.1 Å². The van der Waals surface area contributed by atoms with Crippen molar-refractivity contribution in [2.24, 2.45) is 0 Å². The van der Waals surface area contributed by atoms with Gasteiger partial charge < -0.3 is 4.74 Å². The Bertz CT molecular complexity index is 529. The average molecular weight is 244 g/mol. The molecule has 0 unspecified atom stereocenters. The number of hydrogen-bond acceptors (Lipinski definition) is 2. The summed E-state index contributed by atoms with van der Waals surface area (Å²) in [6.45, 7) is 0. The van der Waals surface area contributed by atoms with Gasteiger partial charge in [0.15, 0.2) is 0 Å². The van der Waals surface area contributed by atoms with E-state index in [-0.39, 0.29) is 11.8 Å². The summed E-state index contributed by atoms with van der Waals surface area (Å²) in [5, 5.41) is 0. The van der Waals surface area contributed by atoms with Crippen molar-refractivity contribution >= 4 is 5.97 Å². The van der Waals surface area contributed by atoms with Gasteiger partial charge in [-0.3, -0.25) is 0 Å². The Labute approximate surface area is 105 Å². The van der Waals surface area contributed by atoms with Gasteiger partial charge in [0, 0.05) is 0 Å². The molecule has 0 saturated heterocycles. The highest BCUT2D eigenvalue weighted by molar-refractivity contribution is 5.89. The SMILES string of the molecule is COC(=O)c1ccc(Cc2ccc(F)cc2)cc1. The number of carbonyl (C=O) groups is 1. The number of rotatable bonds is 3. The molecule has 0 bridgehead atoms. The van der Waals surface area contributed by atoms with Crippen LogP contribution in [0.25, 0.3) is 0 Å². The van der Waals surface area contributed by atoms with Gasteiger partial charge >= 0.3 is 5.97 Å². The standard InChI is InChI=1S/C15H13FO2/c1-18-15(17)13-6-2-11(3-7-13)10-12-4-8-14(16)9-5-12/h2-9H,10H2,1H3. The molecule has 0 spiro atoms. The summed E-state index contributed by atoms with van der Waals surface area (Å²) < 4.78 is 17.4. The van der Waals surface area contributed by atoms with Crippen molar-refractivity contribution in [2.75, 3.05) is 7.11 Å². The van der Waals surface area contributed by atoms with Gasteiger partial charge in [-0.25, -0.2) is 9.18 Å². The Hall–Kier alpha value is -2.16. The summed E-state index contributed by atoms with van der Waals surface area (Å²) >= 11 is 0. The fraction of sp³-hybridized carbons (Fsp3) is 0.133. The highest BCUT2D eigenvalue weighted by Crippen LogP contribution is 2.12. The van der Waals surface area contributed by atoms with Gasteiger partial charge in [0.2, 0.25) is 0 Å². The fourth-order valence-electron chi connectivity index (χ4n) is 1.71. The topological polar surface area (TPSA) is 26.3 Å². The van der Waals surface area contributed by atoms with E-state index in [0.717, 1.165) is 11.1 Å². The average Bonchev–Trinajstić information content (AvgIpc) is 2.41. The molecule has 0 amide bonds. The summed E-state index contributed by atoms with van der Waals surface area (Å²) in [6, 6.07) is 13.6. The molecule has 0 radical (unpaired) electrons. The van der Waals surface area contributed by atoms with Gasteiger partial charge in [-0.1, -0.05) is 24.3 Å². The summed E-state index contributed by atoms with van der Waals surface area (Å²) in [4.78, 5) is 11.3. The van der Waals surface area contributed by atoms with Crippen LogP contribution >= 0.6 is 0 Å². The van der Waals surface area contributed by atoms with E-state index < -0.39 is 0 Å². The molecule has 0 aromatic heterocycles. The minimum Gasteiger partial charge on any atom is -0.465 e. The predicted octanol–water partition coefficient (Wildman–Crippen LogP) is 3.20. The lowest BCUT2D eigenvalue weighted by Gasteiger charge is -2.03. The Morgan fingerprint density at radius 1 is 1.00 bits per heavy atom. The van der Waals surface area contributed by atoms with Gasteiger partial charge in [0.25, 0.3) is 0 Å². The van der Waals surface area contributed by atoms with E-state index in [9.17, 15) is 9.18 Å². The van der Waals surface area contributed by atoms with Crippen LogP contribution in [-0.2, 0) is 11.2 Å². The third kappa shape index (κ3) is 2.94. The van der Waals surface area contributed by atoms with Crippen molar-refractivity contribution in [1.82, 2.24) is 0 Å². The van der Waals surface area contributed by atoms with Crippen LogP contribution in [0, 0.1) is 5.82 Å². The molecule has 3 heteroatoms. The van der Waals surface area contributed by atoms with E-state index in [1.54, 1.807) is 24.3 Å². The first-order valence-electron chi connectivity index (χ1n) is 5.61. The van der Waals surface area contributed by atoms with E-state index in [0.29, 0.717) is 12.0 Å². The second kappa shape index (κ2) is 5.45. The monoisotopic (exact) mass is 244 g/mol. The third-order valence-electron chi connectivity index (χ3n) is 2.70. The van der Waals surface area contributed by atoms with Gasteiger partial charge in [0.05, 0.1) is 12.7 Å². The Kier molecular flexibility index (Phi) is 3.72. The lowest BCUT2D eigenvalue weighted by Crippen LogP contribution is -2.01. The van der Waals surface area contributed by atoms with Crippen LogP contribution < -0.4 is 0 Å². The minimum atomic E-state index is -0.344. The summed E-state index contributed by atoms with van der Waals surface area (Å²) in [7, 11) is 1.36. The first kappa shape index (κ1) is 12.3. The molecule has 0 saturated carbocycles. The van der Waals surface area contributed by atoms with Crippen LogP contribution in [0.2, 0.25) is 0 Å². The lowest BCUT2D eigenvalue weighted by molar-refractivity contribution is 0.0600. The third-order valence-corrected chi connectivity index (χ3v) is 2.70. The van der Waals surface area contributed by atoms with Gasteiger partial charge in [-0.05, 0) is 41.8 Å². The zero-order chi connectivity index (χ0) is 13.0. The highest BCUT2D eigenvalue weighted by atomic mass is 19.1. The summed E-state index contributed by atoms with van der Waals surface area (Å²) in [6.07, 6.45) is 0.710. The summed E-state index contributed by atoms with van der Waals surface area (Å²) in [5.74, 6) is -0.580. The van der Waals surface area contributed by atoms with Crippen molar-refractivity contribution in [1.29, 1.82) is 0 Å². The summed E-state index contributed by atoms with van der Waals surface area (Å²) in [5.41, 5.74) is 2.62. The number of halogens is 1. The minimum absolute atomic E-state index is 0.236. The first-order chi connectivity index (χ1) is 8.69. The van der Waals surface area contributed by atoms with Crippen LogP contribution in [0.4, 0.5) is 4.39 Å². The smallest absolute Gasteiger partial charge is 0.337 e. The number of hydrogen-bond donors (Lipinski definition) is 0. The van der Waals surface area contributed by atoms with E-state index in [2.05, 4.69) is 4.74 Å². The molecule has 0 atom stereocenters. The maximum Gasteiger partial charge on any atom is 0.337 e. The molecule has 92 valence electrons. The first-order valence-corrected chi connectivity index (χ1v) is 5.61. The van der Waals surface area contributed by atoms with Crippen molar-refractivity contribution in [3.05, 3.63) is 71.0 Å². The van der Waals surface area contributed by atoms with Gasteiger partial charge in [-0.15, -0.1) is 0 Å². The molecule has 0 heterocycles. The number of benzene rings is 2. The van der Waals surface area contributed by atoms with Crippen molar-refractivity contribution in [3.8, 4) is 0 Å². The molecule has 2 aromatic carbocycles. The van der Waals surface area contributed by atoms with Crippen molar-refractivity contribution in [3.63, 3.8) is 0 Å². The van der Waals surface area contributed by atoms with Crippen LogP contribution in [0.15, 0.2) is 48.5 Å². The normalized spacial score (nSPS) is 10.1. The molecular formula is C15H13FO2. The maximum atomic E-state index is 12.8. The molecule has 2 rings (SSSR count). The predicted molar refractivity (Wildman–Crippen MR) is 67.0 cm³/mol.